The van der Waals surface area contributed by atoms with Gasteiger partial charge in [-0.15, -0.1) is 5.10 Å². The zero-order valence-corrected chi connectivity index (χ0v) is 25.2. The fraction of sp³-hybridized carbons (Fsp3) is 0.935. The van der Waals surface area contributed by atoms with Crippen LogP contribution in [0.1, 0.15) is 91.4 Å². The van der Waals surface area contributed by atoms with Crippen molar-refractivity contribution in [2.24, 2.45) is 52.3 Å². The van der Waals surface area contributed by atoms with Gasteiger partial charge in [0.1, 0.15) is 13.6 Å². The van der Waals surface area contributed by atoms with Gasteiger partial charge in [0.25, 0.3) is 0 Å². The van der Waals surface area contributed by atoms with E-state index in [2.05, 4.69) is 37.9 Å². The second-order valence-corrected chi connectivity index (χ2v) is 13.8. The van der Waals surface area contributed by atoms with Gasteiger partial charge in [-0.05, 0) is 104 Å². The van der Waals surface area contributed by atoms with Crippen LogP contribution in [0.2, 0.25) is 0 Å². The zero-order chi connectivity index (χ0) is 27.8. The molecule has 222 valence electrons. The number of methoxy groups -OCH3 is 2. The van der Waals surface area contributed by atoms with Crippen molar-refractivity contribution in [2.45, 2.75) is 104 Å². The van der Waals surface area contributed by atoms with E-state index in [1.165, 1.54) is 32.1 Å². The van der Waals surface area contributed by atoms with Crippen molar-refractivity contribution in [2.75, 3.05) is 33.5 Å². The number of rotatable bonds is 11. The molecule has 3 unspecified atom stereocenters. The van der Waals surface area contributed by atoms with Gasteiger partial charge in [-0.1, -0.05) is 39.2 Å². The quantitative estimate of drug-likeness (QED) is 0.331. The van der Waals surface area contributed by atoms with Crippen molar-refractivity contribution in [1.82, 2.24) is 10.2 Å². The van der Waals surface area contributed by atoms with Crippen LogP contribution in [0.4, 0.5) is 6.01 Å². The highest BCUT2D eigenvalue weighted by Crippen LogP contribution is 2.70. The lowest BCUT2D eigenvalue weighted by molar-refractivity contribution is -0.239. The molecular formula is C31H53N3O5. The van der Waals surface area contributed by atoms with Gasteiger partial charge in [-0.2, -0.15) is 0 Å². The van der Waals surface area contributed by atoms with Crippen molar-refractivity contribution < 1.29 is 23.4 Å². The molecule has 0 spiro atoms. The predicted octanol–water partition coefficient (Wildman–Crippen LogP) is 6.10. The largest absolute Gasteiger partial charge is 0.408 e. The van der Waals surface area contributed by atoms with Crippen LogP contribution in [0.15, 0.2) is 4.42 Å². The van der Waals surface area contributed by atoms with E-state index >= 15 is 0 Å². The Kier molecular flexibility index (Phi) is 8.97. The molecule has 1 heterocycles. The van der Waals surface area contributed by atoms with Crippen LogP contribution in [-0.4, -0.2) is 50.2 Å². The molecule has 0 aromatic carbocycles. The molecule has 4 aliphatic carbocycles. The smallest absolute Gasteiger partial charge is 0.312 e. The summed E-state index contributed by atoms with van der Waals surface area (Å²) in [4.78, 5) is 0. The Labute approximate surface area is 235 Å². The van der Waals surface area contributed by atoms with E-state index in [4.69, 9.17) is 29.1 Å². The van der Waals surface area contributed by atoms with E-state index in [0.717, 1.165) is 32.1 Å². The molecule has 11 atom stereocenters. The fourth-order valence-corrected chi connectivity index (χ4v) is 10.5. The summed E-state index contributed by atoms with van der Waals surface area (Å²) >= 11 is 0. The number of hydrogen-bond donors (Lipinski definition) is 1. The predicted molar refractivity (Wildman–Crippen MR) is 149 cm³/mol. The highest BCUT2D eigenvalue weighted by atomic mass is 16.7. The first-order chi connectivity index (χ1) is 18.8. The summed E-state index contributed by atoms with van der Waals surface area (Å²) in [7, 11) is 3.48. The minimum atomic E-state index is 0.167. The number of anilines is 1. The van der Waals surface area contributed by atoms with Gasteiger partial charge in [-0.25, -0.2) is 0 Å². The molecule has 4 aliphatic rings. The molecule has 5 rings (SSSR count). The molecule has 8 heteroatoms. The first-order valence-electron chi connectivity index (χ1n) is 15.6. The zero-order valence-electron chi connectivity index (χ0n) is 25.2. The second-order valence-electron chi connectivity index (χ2n) is 13.8. The van der Waals surface area contributed by atoms with Crippen LogP contribution in [0.5, 0.6) is 0 Å². The molecule has 8 nitrogen and oxygen atoms in total. The Hall–Kier alpha value is -1.22. The summed E-state index contributed by atoms with van der Waals surface area (Å²) < 4.78 is 29.2. The summed E-state index contributed by atoms with van der Waals surface area (Å²) in [6.45, 7) is 10.8. The molecule has 2 N–H and O–H groups in total. The SMILES string of the molecule is CC[C@H]1[C@@H](OCOC)C2C3CC[C@H]([C@H](C)CCc4nnc(N)o4)[C@@]3(C)CCC2[C@@]2(C)CC[C@@H](OCOC)C[C@@H]12. The maximum atomic E-state index is 6.74. The molecular weight excluding hydrogens is 494 g/mol. The molecule has 0 aliphatic heterocycles. The number of hydrogen-bond acceptors (Lipinski definition) is 8. The normalized spacial score (nSPS) is 42.5. The molecule has 1 aromatic heterocycles. The van der Waals surface area contributed by atoms with Gasteiger partial charge in [0.2, 0.25) is 5.89 Å². The van der Waals surface area contributed by atoms with Crippen LogP contribution in [-0.2, 0) is 25.4 Å². The van der Waals surface area contributed by atoms with Crippen LogP contribution in [0.3, 0.4) is 0 Å². The van der Waals surface area contributed by atoms with E-state index in [-0.39, 0.29) is 18.2 Å². The van der Waals surface area contributed by atoms with Crippen molar-refractivity contribution in [3.8, 4) is 0 Å². The lowest BCUT2D eigenvalue weighted by atomic mass is 9.41. The maximum absolute atomic E-state index is 6.74. The van der Waals surface area contributed by atoms with Gasteiger partial charge < -0.3 is 29.1 Å². The van der Waals surface area contributed by atoms with Gasteiger partial charge in [0.05, 0.1) is 12.2 Å². The molecule has 39 heavy (non-hydrogen) atoms. The Morgan fingerprint density at radius 2 is 1.67 bits per heavy atom. The van der Waals surface area contributed by atoms with Crippen LogP contribution < -0.4 is 5.73 Å². The Morgan fingerprint density at radius 1 is 0.949 bits per heavy atom. The maximum Gasteiger partial charge on any atom is 0.312 e. The topological polar surface area (TPSA) is 102 Å². The Balaban J connectivity index is 1.39. The summed E-state index contributed by atoms with van der Waals surface area (Å²) in [5.74, 6) is 5.10. The summed E-state index contributed by atoms with van der Waals surface area (Å²) in [6, 6.07) is 0.167. The molecule has 0 bridgehead atoms. The lowest BCUT2D eigenvalue weighted by Gasteiger charge is -2.65. The van der Waals surface area contributed by atoms with E-state index in [9.17, 15) is 0 Å². The van der Waals surface area contributed by atoms with Crippen molar-refractivity contribution in [3.63, 3.8) is 0 Å². The third-order valence-electron chi connectivity index (χ3n) is 12.2. The number of ether oxygens (including phenoxy) is 4. The van der Waals surface area contributed by atoms with E-state index < -0.39 is 0 Å². The average molecular weight is 548 g/mol. The Bertz CT molecular complexity index is 943. The minimum absolute atomic E-state index is 0.167. The molecule has 0 radical (unpaired) electrons. The van der Waals surface area contributed by atoms with E-state index in [1.807, 2.05) is 0 Å². The monoisotopic (exact) mass is 547 g/mol. The van der Waals surface area contributed by atoms with Gasteiger partial charge in [0.15, 0.2) is 0 Å². The highest BCUT2D eigenvalue weighted by molar-refractivity contribution is 5.14. The molecule has 4 saturated carbocycles. The summed E-state index contributed by atoms with van der Waals surface area (Å²) in [5, 5.41) is 7.95. The van der Waals surface area contributed by atoms with Crippen molar-refractivity contribution in [1.29, 1.82) is 0 Å². The minimum Gasteiger partial charge on any atom is -0.408 e. The third-order valence-corrected chi connectivity index (χ3v) is 12.2. The molecule has 4 fully saturated rings. The van der Waals surface area contributed by atoms with Crippen LogP contribution in [0.25, 0.3) is 0 Å². The fourth-order valence-electron chi connectivity index (χ4n) is 10.5. The first kappa shape index (κ1) is 29.3. The molecule has 0 saturated heterocycles. The first-order valence-corrected chi connectivity index (χ1v) is 15.6. The number of nitrogens with zero attached hydrogens (tertiary/aromatic N) is 2. The van der Waals surface area contributed by atoms with Gasteiger partial charge in [0, 0.05) is 20.6 Å². The number of nitrogen functional groups attached to an aromatic ring is 1. The van der Waals surface area contributed by atoms with Gasteiger partial charge >= 0.3 is 6.01 Å². The molecule has 0 amide bonds. The average Bonchev–Trinajstić information content (AvgIpc) is 3.51. The number of aromatic nitrogens is 2. The number of fused-ring (bicyclic) bond motifs is 5. The Morgan fingerprint density at radius 3 is 2.36 bits per heavy atom. The second kappa shape index (κ2) is 11.9. The van der Waals surface area contributed by atoms with Crippen LogP contribution >= 0.6 is 0 Å². The van der Waals surface area contributed by atoms with Gasteiger partial charge in [-0.3, -0.25) is 0 Å². The number of nitrogens with two attached hydrogens (primary N) is 1. The lowest BCUT2D eigenvalue weighted by Crippen LogP contribution is -2.63. The summed E-state index contributed by atoms with van der Waals surface area (Å²) in [6.07, 6.45) is 12.3. The van der Waals surface area contributed by atoms with Crippen molar-refractivity contribution in [3.05, 3.63) is 5.89 Å². The van der Waals surface area contributed by atoms with E-state index in [0.29, 0.717) is 71.7 Å². The number of aryl methyl sites for hydroxylation is 1. The van der Waals surface area contributed by atoms with E-state index in [1.54, 1.807) is 14.2 Å². The standard InChI is InChI=1S/C31H53N3O5/c1-7-21-25-16-20(37-17-35-5)12-14-31(25,4)24-13-15-30(3)22(19(2)8-11-26-33-34-29(32)39-26)9-10-23(30)27(24)28(21)38-18-36-6/h19-25,27-28H,7-18H2,1-6H3,(H2,32,34)/t19-,20-,21-,22-,23?,24?,25+,27?,28-,30-,31-/m1/s1. The summed E-state index contributed by atoms with van der Waals surface area (Å²) in [5.41, 5.74) is 6.34. The third kappa shape index (κ3) is 5.28. The van der Waals surface area contributed by atoms with Crippen LogP contribution in [0, 0.1) is 52.3 Å². The van der Waals surface area contributed by atoms with Crippen molar-refractivity contribution >= 4 is 6.01 Å². The molecule has 1 aromatic rings. The highest BCUT2D eigenvalue weighted by Gasteiger charge is 2.65.